The summed E-state index contributed by atoms with van der Waals surface area (Å²) >= 11 is 6.11. The molecular formula is C21H30ClN3. The van der Waals surface area contributed by atoms with Crippen molar-refractivity contribution in [1.82, 2.24) is 10.3 Å². The number of fused-ring (bicyclic) bond motifs is 2. The molecule has 1 unspecified atom stereocenters. The van der Waals surface area contributed by atoms with Crippen molar-refractivity contribution in [1.29, 1.82) is 0 Å². The third kappa shape index (κ3) is 5.16. The van der Waals surface area contributed by atoms with Crippen LogP contribution in [0.2, 0.25) is 5.02 Å². The van der Waals surface area contributed by atoms with Gasteiger partial charge in [0.2, 0.25) is 0 Å². The second-order valence-corrected chi connectivity index (χ2v) is 7.61. The highest BCUT2D eigenvalue weighted by Gasteiger charge is 2.21. The number of nitrogens with zero attached hydrogens (tertiary/aromatic N) is 1. The summed E-state index contributed by atoms with van der Waals surface area (Å²) in [5, 5.41) is 5.72. The fraction of sp³-hybridized carbons (Fsp3) is 0.571. The zero-order valence-corrected chi connectivity index (χ0v) is 15.8. The molecule has 1 aromatic carbocycles. The van der Waals surface area contributed by atoms with Crippen LogP contribution in [0.1, 0.15) is 68.7 Å². The van der Waals surface area contributed by atoms with E-state index in [1.807, 2.05) is 12.1 Å². The molecule has 1 heterocycles. The lowest BCUT2D eigenvalue weighted by Crippen LogP contribution is -2.26. The Labute approximate surface area is 156 Å². The average Bonchev–Trinajstić information content (AvgIpc) is 2.62. The van der Waals surface area contributed by atoms with Crippen LogP contribution >= 0.6 is 11.6 Å². The first-order valence-electron chi connectivity index (χ1n) is 9.80. The van der Waals surface area contributed by atoms with Gasteiger partial charge in [0, 0.05) is 22.1 Å². The van der Waals surface area contributed by atoms with Crippen molar-refractivity contribution in [2.45, 2.75) is 63.8 Å². The summed E-state index contributed by atoms with van der Waals surface area (Å²) < 4.78 is 0. The third-order valence-corrected chi connectivity index (χ3v) is 5.43. The Hall–Kier alpha value is -1.16. The summed E-state index contributed by atoms with van der Waals surface area (Å²) in [7, 11) is 0. The van der Waals surface area contributed by atoms with Gasteiger partial charge in [-0.15, -0.1) is 0 Å². The first-order valence-corrected chi connectivity index (χ1v) is 10.2. The van der Waals surface area contributed by atoms with Crippen LogP contribution in [0.3, 0.4) is 0 Å². The van der Waals surface area contributed by atoms with Gasteiger partial charge in [0.15, 0.2) is 0 Å². The van der Waals surface area contributed by atoms with Gasteiger partial charge in [0.25, 0.3) is 0 Å². The molecule has 0 aliphatic heterocycles. The van der Waals surface area contributed by atoms with Crippen LogP contribution in [0, 0.1) is 0 Å². The van der Waals surface area contributed by atoms with Crippen LogP contribution in [0.5, 0.6) is 0 Å². The maximum absolute atomic E-state index is 6.11. The number of rotatable bonds is 9. The summed E-state index contributed by atoms with van der Waals surface area (Å²) in [6, 6.07) is 8.77. The lowest BCUT2D eigenvalue weighted by atomic mass is 9.90. The van der Waals surface area contributed by atoms with E-state index in [-0.39, 0.29) is 0 Å². The molecule has 0 radical (unpaired) electrons. The zero-order valence-electron chi connectivity index (χ0n) is 15.1. The first-order chi connectivity index (χ1) is 12.3. The van der Waals surface area contributed by atoms with E-state index in [1.54, 1.807) is 0 Å². The number of aryl methyl sites for hydroxylation is 1. The topological polar surface area (TPSA) is 50.9 Å². The molecule has 0 amide bonds. The van der Waals surface area contributed by atoms with Crippen LogP contribution in [0.15, 0.2) is 24.3 Å². The number of nitrogens with two attached hydrogens (primary N) is 1. The number of unbranched alkanes of at least 4 members (excludes halogenated alkanes) is 5. The van der Waals surface area contributed by atoms with Crippen molar-refractivity contribution in [2.75, 3.05) is 13.1 Å². The molecule has 1 aromatic heterocycles. The number of halogens is 1. The largest absolute Gasteiger partial charge is 0.330 e. The minimum absolute atomic E-state index is 0.452. The molecule has 4 heteroatoms. The maximum Gasteiger partial charge on any atom is 0.0720 e. The number of pyridine rings is 1. The standard InChI is InChI=1S/C21H30ClN3/c22-17-11-10-16-14-18-19(8-7-9-20(18)25-21(16)15-17)24-13-6-4-2-1-3-5-12-23/h10-11,14-15,19,24H,1-9,12-13,23H2. The molecule has 1 aliphatic rings. The Morgan fingerprint density at radius 3 is 2.72 bits per heavy atom. The Balaban J connectivity index is 1.54. The predicted molar refractivity (Wildman–Crippen MR) is 107 cm³/mol. The van der Waals surface area contributed by atoms with E-state index in [2.05, 4.69) is 17.4 Å². The number of benzene rings is 1. The smallest absolute Gasteiger partial charge is 0.0720 e. The summed E-state index contributed by atoms with van der Waals surface area (Å²) in [5.74, 6) is 0. The number of hydrogen-bond donors (Lipinski definition) is 2. The van der Waals surface area contributed by atoms with Crippen molar-refractivity contribution in [3.63, 3.8) is 0 Å². The van der Waals surface area contributed by atoms with Crippen LogP contribution in [-0.4, -0.2) is 18.1 Å². The van der Waals surface area contributed by atoms with E-state index in [0.29, 0.717) is 6.04 Å². The van der Waals surface area contributed by atoms with E-state index < -0.39 is 0 Å². The summed E-state index contributed by atoms with van der Waals surface area (Å²) in [6.45, 7) is 1.93. The molecule has 0 fully saturated rings. The zero-order chi connectivity index (χ0) is 17.5. The molecule has 3 N–H and O–H groups in total. The molecule has 0 saturated heterocycles. The highest BCUT2D eigenvalue weighted by Crippen LogP contribution is 2.31. The third-order valence-electron chi connectivity index (χ3n) is 5.20. The number of hydrogen-bond acceptors (Lipinski definition) is 3. The van der Waals surface area contributed by atoms with Crippen LogP contribution in [0.25, 0.3) is 10.9 Å². The summed E-state index contributed by atoms with van der Waals surface area (Å²) in [6.07, 6.45) is 11.2. The van der Waals surface area contributed by atoms with Crippen molar-refractivity contribution in [3.05, 3.63) is 40.5 Å². The predicted octanol–water partition coefficient (Wildman–Crippen LogP) is 5.15. The fourth-order valence-electron chi connectivity index (χ4n) is 3.79. The van der Waals surface area contributed by atoms with Gasteiger partial charge in [-0.2, -0.15) is 0 Å². The van der Waals surface area contributed by atoms with Crippen molar-refractivity contribution in [3.8, 4) is 0 Å². The van der Waals surface area contributed by atoms with E-state index in [9.17, 15) is 0 Å². The van der Waals surface area contributed by atoms with E-state index in [4.69, 9.17) is 22.3 Å². The molecule has 1 atom stereocenters. The Morgan fingerprint density at radius 1 is 1.08 bits per heavy atom. The molecule has 2 aromatic rings. The second-order valence-electron chi connectivity index (χ2n) is 7.17. The molecule has 25 heavy (non-hydrogen) atoms. The lowest BCUT2D eigenvalue weighted by molar-refractivity contribution is 0.444. The van der Waals surface area contributed by atoms with Gasteiger partial charge in [-0.1, -0.05) is 43.4 Å². The van der Waals surface area contributed by atoms with Gasteiger partial charge in [0.1, 0.15) is 0 Å². The van der Waals surface area contributed by atoms with E-state index in [0.717, 1.165) is 30.0 Å². The Kier molecular flexibility index (Phi) is 7.09. The number of aromatic nitrogens is 1. The van der Waals surface area contributed by atoms with Crippen LogP contribution in [-0.2, 0) is 6.42 Å². The highest BCUT2D eigenvalue weighted by molar-refractivity contribution is 6.31. The second kappa shape index (κ2) is 9.51. The number of nitrogens with one attached hydrogen (secondary N) is 1. The fourth-order valence-corrected chi connectivity index (χ4v) is 3.96. The quantitative estimate of drug-likeness (QED) is 0.608. The van der Waals surface area contributed by atoms with Gasteiger partial charge < -0.3 is 11.1 Å². The molecule has 3 rings (SSSR count). The first kappa shape index (κ1) is 18.6. The molecule has 3 nitrogen and oxygen atoms in total. The average molecular weight is 360 g/mol. The summed E-state index contributed by atoms with van der Waals surface area (Å²) in [5.41, 5.74) is 9.19. The van der Waals surface area contributed by atoms with Crippen molar-refractivity contribution in [2.24, 2.45) is 5.73 Å². The Bertz CT molecular complexity index is 686. The van der Waals surface area contributed by atoms with Crippen molar-refractivity contribution >= 4 is 22.5 Å². The van der Waals surface area contributed by atoms with Crippen molar-refractivity contribution < 1.29 is 0 Å². The van der Waals surface area contributed by atoms with Crippen LogP contribution < -0.4 is 11.1 Å². The summed E-state index contributed by atoms with van der Waals surface area (Å²) in [4.78, 5) is 4.88. The molecular weight excluding hydrogens is 330 g/mol. The minimum atomic E-state index is 0.452. The maximum atomic E-state index is 6.11. The van der Waals surface area contributed by atoms with Crippen LogP contribution in [0.4, 0.5) is 0 Å². The van der Waals surface area contributed by atoms with Gasteiger partial charge >= 0.3 is 0 Å². The van der Waals surface area contributed by atoms with E-state index in [1.165, 1.54) is 68.0 Å². The molecule has 136 valence electrons. The van der Waals surface area contributed by atoms with Gasteiger partial charge in [-0.25, -0.2) is 0 Å². The molecule has 1 aliphatic carbocycles. The molecule has 0 bridgehead atoms. The SMILES string of the molecule is NCCCCCCCCNC1CCCc2nc3cc(Cl)ccc3cc21. The monoisotopic (exact) mass is 359 g/mol. The lowest BCUT2D eigenvalue weighted by Gasteiger charge is -2.26. The normalized spacial score (nSPS) is 17.0. The molecule has 0 spiro atoms. The van der Waals surface area contributed by atoms with Gasteiger partial charge in [-0.05, 0) is 69.0 Å². The minimum Gasteiger partial charge on any atom is -0.330 e. The van der Waals surface area contributed by atoms with E-state index >= 15 is 0 Å². The Morgan fingerprint density at radius 2 is 1.88 bits per heavy atom. The highest BCUT2D eigenvalue weighted by atomic mass is 35.5. The molecule has 0 saturated carbocycles. The van der Waals surface area contributed by atoms with Gasteiger partial charge in [-0.3, -0.25) is 4.98 Å². The van der Waals surface area contributed by atoms with Gasteiger partial charge in [0.05, 0.1) is 5.52 Å².